The van der Waals surface area contributed by atoms with Crippen molar-refractivity contribution in [3.8, 4) is 0 Å². The molecule has 2 unspecified atom stereocenters. The predicted molar refractivity (Wildman–Crippen MR) is 65.4 cm³/mol. The normalized spacial score (nSPS) is 26.6. The van der Waals surface area contributed by atoms with E-state index >= 15 is 0 Å². The molecule has 4 nitrogen and oxygen atoms in total. The minimum atomic E-state index is 0.288. The van der Waals surface area contributed by atoms with E-state index in [1.165, 1.54) is 0 Å². The average Bonchev–Trinajstić information content (AvgIpc) is 2.63. The second kappa shape index (κ2) is 4.35. The van der Waals surface area contributed by atoms with Crippen molar-refractivity contribution >= 4 is 11.6 Å². The Bertz CT molecular complexity index is 378. The van der Waals surface area contributed by atoms with Gasteiger partial charge in [-0.05, 0) is 12.8 Å². The standard InChI is InChI=1S/C11H19ClN4/c1-7-4-16(6-10(7)13)5-9-8(2)14-15(3)11(9)12/h7,10H,4-6,13H2,1-3H3. The second-order valence-electron chi connectivity index (χ2n) is 4.81. The number of nitrogens with zero attached hydrogens (tertiary/aromatic N) is 3. The maximum Gasteiger partial charge on any atom is 0.131 e. The van der Waals surface area contributed by atoms with Crippen molar-refractivity contribution in [1.82, 2.24) is 14.7 Å². The first kappa shape index (κ1) is 11.9. The van der Waals surface area contributed by atoms with Crippen molar-refractivity contribution < 1.29 is 0 Å². The summed E-state index contributed by atoms with van der Waals surface area (Å²) in [4.78, 5) is 2.35. The van der Waals surface area contributed by atoms with Gasteiger partial charge in [-0.25, -0.2) is 0 Å². The van der Waals surface area contributed by atoms with Gasteiger partial charge in [0.25, 0.3) is 0 Å². The Labute approximate surface area is 101 Å². The number of nitrogens with two attached hydrogens (primary N) is 1. The van der Waals surface area contributed by atoms with Crippen LogP contribution in [0.2, 0.25) is 5.15 Å². The molecule has 0 aliphatic carbocycles. The van der Waals surface area contributed by atoms with E-state index in [0.717, 1.165) is 36.0 Å². The Morgan fingerprint density at radius 2 is 2.19 bits per heavy atom. The Kier molecular flexibility index (Phi) is 3.24. The molecule has 1 aliphatic heterocycles. The summed E-state index contributed by atoms with van der Waals surface area (Å²) in [5.74, 6) is 0.566. The fourth-order valence-corrected chi connectivity index (χ4v) is 2.54. The summed E-state index contributed by atoms with van der Waals surface area (Å²) in [7, 11) is 1.87. The highest BCUT2D eigenvalue weighted by Gasteiger charge is 2.27. The quantitative estimate of drug-likeness (QED) is 0.847. The van der Waals surface area contributed by atoms with Crippen LogP contribution in [0, 0.1) is 12.8 Å². The molecule has 0 bridgehead atoms. The van der Waals surface area contributed by atoms with Crippen LogP contribution >= 0.6 is 11.6 Å². The van der Waals surface area contributed by atoms with Gasteiger partial charge in [0.2, 0.25) is 0 Å². The van der Waals surface area contributed by atoms with Gasteiger partial charge in [-0.3, -0.25) is 9.58 Å². The number of halogens is 1. The lowest BCUT2D eigenvalue weighted by Gasteiger charge is -2.14. The van der Waals surface area contributed by atoms with Crippen LogP contribution in [-0.4, -0.2) is 33.8 Å². The fourth-order valence-electron chi connectivity index (χ4n) is 2.30. The maximum atomic E-state index is 6.21. The van der Waals surface area contributed by atoms with E-state index in [1.54, 1.807) is 4.68 Å². The molecule has 1 aliphatic rings. The minimum Gasteiger partial charge on any atom is -0.326 e. The maximum absolute atomic E-state index is 6.21. The van der Waals surface area contributed by atoms with E-state index in [0.29, 0.717) is 5.92 Å². The molecule has 1 aromatic rings. The highest BCUT2D eigenvalue weighted by atomic mass is 35.5. The SMILES string of the molecule is Cc1nn(C)c(Cl)c1CN1CC(C)C(N)C1. The summed E-state index contributed by atoms with van der Waals surface area (Å²) >= 11 is 6.21. The van der Waals surface area contributed by atoms with Crippen LogP contribution in [0.1, 0.15) is 18.2 Å². The molecule has 1 saturated heterocycles. The smallest absolute Gasteiger partial charge is 0.131 e. The average molecular weight is 243 g/mol. The fraction of sp³-hybridized carbons (Fsp3) is 0.727. The van der Waals surface area contributed by atoms with E-state index in [1.807, 2.05) is 14.0 Å². The van der Waals surface area contributed by atoms with Crippen LogP contribution in [0.4, 0.5) is 0 Å². The largest absolute Gasteiger partial charge is 0.326 e. The lowest BCUT2D eigenvalue weighted by atomic mass is 10.1. The summed E-state index contributed by atoms with van der Waals surface area (Å²) < 4.78 is 1.73. The van der Waals surface area contributed by atoms with Crippen LogP contribution in [0.3, 0.4) is 0 Å². The lowest BCUT2D eigenvalue weighted by molar-refractivity contribution is 0.318. The van der Waals surface area contributed by atoms with E-state index in [-0.39, 0.29) is 6.04 Å². The number of likely N-dealkylation sites (tertiary alicyclic amines) is 1. The molecular weight excluding hydrogens is 224 g/mol. The van der Waals surface area contributed by atoms with Gasteiger partial charge in [-0.2, -0.15) is 5.10 Å². The number of hydrogen-bond donors (Lipinski definition) is 1. The molecule has 0 radical (unpaired) electrons. The van der Waals surface area contributed by atoms with E-state index in [4.69, 9.17) is 17.3 Å². The first-order valence-electron chi connectivity index (χ1n) is 5.65. The molecule has 2 atom stereocenters. The zero-order valence-corrected chi connectivity index (χ0v) is 10.8. The molecule has 16 heavy (non-hydrogen) atoms. The molecule has 5 heteroatoms. The van der Waals surface area contributed by atoms with Crippen molar-refractivity contribution in [1.29, 1.82) is 0 Å². The van der Waals surface area contributed by atoms with Crippen molar-refractivity contribution in [2.24, 2.45) is 18.7 Å². The van der Waals surface area contributed by atoms with Crippen molar-refractivity contribution in [3.63, 3.8) is 0 Å². The van der Waals surface area contributed by atoms with Crippen LogP contribution < -0.4 is 5.73 Å². The highest BCUT2D eigenvalue weighted by Crippen LogP contribution is 2.23. The molecule has 1 fully saturated rings. The number of aromatic nitrogens is 2. The monoisotopic (exact) mass is 242 g/mol. The summed E-state index contributed by atoms with van der Waals surface area (Å²) in [6.07, 6.45) is 0. The summed E-state index contributed by atoms with van der Waals surface area (Å²) in [5.41, 5.74) is 8.15. The van der Waals surface area contributed by atoms with Gasteiger partial charge in [-0.1, -0.05) is 18.5 Å². The number of aryl methyl sites for hydroxylation is 2. The zero-order valence-electron chi connectivity index (χ0n) is 10.1. The van der Waals surface area contributed by atoms with Crippen LogP contribution in [0.25, 0.3) is 0 Å². The van der Waals surface area contributed by atoms with Gasteiger partial charge in [0.15, 0.2) is 0 Å². The number of hydrogen-bond acceptors (Lipinski definition) is 3. The van der Waals surface area contributed by atoms with Crippen LogP contribution in [0.5, 0.6) is 0 Å². The van der Waals surface area contributed by atoms with Crippen molar-refractivity contribution in [2.75, 3.05) is 13.1 Å². The van der Waals surface area contributed by atoms with E-state index < -0.39 is 0 Å². The predicted octanol–water partition coefficient (Wildman–Crippen LogP) is 1.16. The third kappa shape index (κ3) is 2.10. The molecule has 0 spiro atoms. The van der Waals surface area contributed by atoms with Crippen LogP contribution in [-0.2, 0) is 13.6 Å². The highest BCUT2D eigenvalue weighted by molar-refractivity contribution is 6.30. The molecule has 90 valence electrons. The molecule has 1 aromatic heterocycles. The van der Waals surface area contributed by atoms with Gasteiger partial charge >= 0.3 is 0 Å². The van der Waals surface area contributed by atoms with Gasteiger partial charge in [-0.15, -0.1) is 0 Å². The van der Waals surface area contributed by atoms with Crippen molar-refractivity contribution in [2.45, 2.75) is 26.4 Å². The molecular formula is C11H19ClN4. The summed E-state index contributed by atoms with van der Waals surface area (Å²) in [6.45, 7) is 7.05. The topological polar surface area (TPSA) is 47.1 Å². The third-order valence-corrected chi connectivity index (χ3v) is 3.87. The lowest BCUT2D eigenvalue weighted by Crippen LogP contribution is -2.28. The molecule has 2 rings (SSSR count). The third-order valence-electron chi connectivity index (χ3n) is 3.40. The molecule has 0 saturated carbocycles. The molecule has 0 amide bonds. The zero-order chi connectivity index (χ0) is 11.9. The Morgan fingerprint density at radius 1 is 1.50 bits per heavy atom. The first-order chi connectivity index (χ1) is 7.49. The first-order valence-corrected chi connectivity index (χ1v) is 6.02. The molecule has 2 heterocycles. The molecule has 0 aromatic carbocycles. The van der Waals surface area contributed by atoms with Gasteiger partial charge in [0, 0.05) is 38.3 Å². The van der Waals surface area contributed by atoms with Gasteiger partial charge in [0.05, 0.1) is 5.69 Å². The van der Waals surface area contributed by atoms with Gasteiger partial charge < -0.3 is 5.73 Å². The van der Waals surface area contributed by atoms with E-state index in [2.05, 4.69) is 16.9 Å². The van der Waals surface area contributed by atoms with Gasteiger partial charge in [0.1, 0.15) is 5.15 Å². The molecule has 2 N–H and O–H groups in total. The number of rotatable bonds is 2. The minimum absolute atomic E-state index is 0.288. The van der Waals surface area contributed by atoms with E-state index in [9.17, 15) is 0 Å². The summed E-state index contributed by atoms with van der Waals surface area (Å²) in [5, 5.41) is 5.06. The Morgan fingerprint density at radius 3 is 2.62 bits per heavy atom. The van der Waals surface area contributed by atoms with Crippen molar-refractivity contribution in [3.05, 3.63) is 16.4 Å². The van der Waals surface area contributed by atoms with Crippen LogP contribution in [0.15, 0.2) is 0 Å². The Hall–Kier alpha value is -0.580. The summed E-state index contributed by atoms with van der Waals surface area (Å²) in [6, 6.07) is 0.288. The Balaban J connectivity index is 2.10. The second-order valence-corrected chi connectivity index (χ2v) is 5.17.